The van der Waals surface area contributed by atoms with Crippen molar-refractivity contribution in [2.24, 2.45) is 5.92 Å². The lowest BCUT2D eigenvalue weighted by Gasteiger charge is -2.23. The lowest BCUT2D eigenvalue weighted by atomic mass is 9.82. The first-order valence-electron chi connectivity index (χ1n) is 9.72. The molecular weight excluding hydrogens is 359 g/mol. The summed E-state index contributed by atoms with van der Waals surface area (Å²) in [6.45, 7) is 1.38. The largest absolute Gasteiger partial charge is 0.339 e. The number of nitrogens with zero attached hydrogens (tertiary/aromatic N) is 1. The minimum absolute atomic E-state index is 0.114. The zero-order valence-corrected chi connectivity index (χ0v) is 15.6. The Labute approximate surface area is 163 Å². The molecule has 146 valence electrons. The van der Waals surface area contributed by atoms with Crippen molar-refractivity contribution < 1.29 is 19.2 Å². The molecule has 0 spiro atoms. The Balaban J connectivity index is 1.59. The molecule has 0 radical (unpaired) electrons. The minimum atomic E-state index is -0.510. The quantitative estimate of drug-likeness (QED) is 0.632. The number of halogens is 1. The molecule has 2 amide bonds. The topological polar surface area (TPSA) is 69.6 Å². The summed E-state index contributed by atoms with van der Waals surface area (Å²) in [7, 11) is 0. The number of amides is 2. The number of fused-ring (bicyclic) bond motifs is 1. The fraction of sp³-hybridized carbons (Fsp3) is 0.364. The average molecular weight is 382 g/mol. The van der Waals surface area contributed by atoms with Gasteiger partial charge in [0.2, 0.25) is 5.91 Å². The molecule has 28 heavy (non-hydrogen) atoms. The van der Waals surface area contributed by atoms with Gasteiger partial charge < -0.3 is 4.90 Å². The van der Waals surface area contributed by atoms with Crippen molar-refractivity contribution in [3.05, 3.63) is 58.9 Å². The Hall–Kier alpha value is -2.73. The zero-order valence-electron chi connectivity index (χ0n) is 15.6. The van der Waals surface area contributed by atoms with Crippen LogP contribution in [0.1, 0.15) is 40.7 Å². The van der Waals surface area contributed by atoms with Gasteiger partial charge in [0.05, 0.1) is 5.56 Å². The zero-order chi connectivity index (χ0) is 19.7. The van der Waals surface area contributed by atoms with Gasteiger partial charge in [-0.2, -0.15) is 0 Å². The van der Waals surface area contributed by atoms with Gasteiger partial charge in [-0.3, -0.25) is 14.8 Å². The molecular formula is C22H23FN2O3. The van der Waals surface area contributed by atoms with Crippen molar-refractivity contribution in [2.45, 2.75) is 32.1 Å². The maximum Gasteiger partial charge on any atom is 0.256 e. The molecule has 6 heteroatoms. The Bertz CT molecular complexity index is 922. The van der Waals surface area contributed by atoms with Gasteiger partial charge in [-0.1, -0.05) is 24.3 Å². The fourth-order valence-corrected chi connectivity index (χ4v) is 4.21. The smallest absolute Gasteiger partial charge is 0.256 e. The molecule has 0 aromatic heterocycles. The van der Waals surface area contributed by atoms with E-state index in [1.54, 1.807) is 22.5 Å². The molecule has 2 aromatic carbocycles. The third-order valence-electron chi connectivity index (χ3n) is 5.84. The van der Waals surface area contributed by atoms with Gasteiger partial charge in [-0.05, 0) is 66.5 Å². The second-order valence-corrected chi connectivity index (χ2v) is 7.59. The van der Waals surface area contributed by atoms with Gasteiger partial charge >= 0.3 is 0 Å². The Kier molecular flexibility index (Phi) is 5.13. The van der Waals surface area contributed by atoms with E-state index in [1.807, 2.05) is 18.2 Å². The van der Waals surface area contributed by atoms with E-state index in [0.717, 1.165) is 30.4 Å². The van der Waals surface area contributed by atoms with Crippen molar-refractivity contribution in [2.75, 3.05) is 13.1 Å². The molecule has 0 saturated carbocycles. The first-order chi connectivity index (χ1) is 13.6. The number of hydrogen-bond acceptors (Lipinski definition) is 3. The van der Waals surface area contributed by atoms with Crippen LogP contribution in [0.2, 0.25) is 0 Å². The Morgan fingerprint density at radius 3 is 2.46 bits per heavy atom. The number of aryl methyl sites for hydroxylation is 1. The highest BCUT2D eigenvalue weighted by Gasteiger charge is 2.25. The van der Waals surface area contributed by atoms with Crippen LogP contribution in [-0.4, -0.2) is 35.0 Å². The van der Waals surface area contributed by atoms with Gasteiger partial charge in [0.15, 0.2) is 0 Å². The highest BCUT2D eigenvalue weighted by molar-refractivity contribution is 5.95. The van der Waals surface area contributed by atoms with Gasteiger partial charge in [0, 0.05) is 19.0 Å². The number of carbonyl (C=O) groups excluding carboxylic acids is 2. The number of benzene rings is 2. The molecule has 1 saturated heterocycles. The molecule has 5 nitrogen and oxygen atoms in total. The molecule has 2 aliphatic rings. The number of carbonyl (C=O) groups is 2. The van der Waals surface area contributed by atoms with E-state index in [2.05, 4.69) is 0 Å². The lowest BCUT2D eigenvalue weighted by molar-refractivity contribution is -0.133. The summed E-state index contributed by atoms with van der Waals surface area (Å²) in [6, 6.07) is 10.7. The number of hydroxylamine groups is 1. The molecule has 1 aliphatic carbocycles. The van der Waals surface area contributed by atoms with E-state index < -0.39 is 5.82 Å². The number of rotatable bonds is 3. The first-order valence-corrected chi connectivity index (χ1v) is 9.72. The van der Waals surface area contributed by atoms with Crippen LogP contribution in [0, 0.1) is 11.7 Å². The SMILES string of the molecule is O=C(NO)C1CCc2ccc(-c3ccc(C(=O)N4CCCC4)c(F)c3)cc2C1. The molecule has 1 heterocycles. The van der Waals surface area contributed by atoms with Crippen molar-refractivity contribution >= 4 is 11.8 Å². The molecule has 0 bridgehead atoms. The predicted molar refractivity (Wildman–Crippen MR) is 102 cm³/mol. The van der Waals surface area contributed by atoms with Gasteiger partial charge in [-0.25, -0.2) is 9.87 Å². The molecule has 1 fully saturated rings. The molecule has 2 N–H and O–H groups in total. The van der Waals surface area contributed by atoms with E-state index in [4.69, 9.17) is 5.21 Å². The summed E-state index contributed by atoms with van der Waals surface area (Å²) in [5, 5.41) is 8.88. The normalized spacial score (nSPS) is 18.6. The van der Waals surface area contributed by atoms with Crippen molar-refractivity contribution in [1.29, 1.82) is 0 Å². The molecule has 1 atom stereocenters. The van der Waals surface area contributed by atoms with Crippen LogP contribution >= 0.6 is 0 Å². The van der Waals surface area contributed by atoms with Gasteiger partial charge in [-0.15, -0.1) is 0 Å². The predicted octanol–water partition coefficient (Wildman–Crippen LogP) is 3.34. The van der Waals surface area contributed by atoms with Crippen LogP contribution in [0.4, 0.5) is 4.39 Å². The average Bonchev–Trinajstić information content (AvgIpc) is 3.26. The standard InChI is InChI=1S/C22H23FN2O3/c23-20-13-16(7-8-19(20)22(27)25-9-1-2-10-25)15-5-3-14-4-6-17(21(26)24-28)12-18(14)11-15/h3,5,7-8,11,13,17,28H,1-2,4,6,9-10,12H2,(H,24,26). The maximum atomic E-state index is 14.7. The van der Waals surface area contributed by atoms with Crippen LogP contribution in [0.25, 0.3) is 11.1 Å². The monoisotopic (exact) mass is 382 g/mol. The van der Waals surface area contributed by atoms with Crippen molar-refractivity contribution in [1.82, 2.24) is 10.4 Å². The lowest BCUT2D eigenvalue weighted by Crippen LogP contribution is -2.31. The summed E-state index contributed by atoms with van der Waals surface area (Å²) in [6.07, 6.45) is 3.95. The molecule has 2 aromatic rings. The van der Waals surface area contributed by atoms with E-state index in [-0.39, 0.29) is 23.3 Å². The van der Waals surface area contributed by atoms with Gasteiger partial charge in [0.25, 0.3) is 5.91 Å². The van der Waals surface area contributed by atoms with Crippen LogP contribution < -0.4 is 5.48 Å². The van der Waals surface area contributed by atoms with E-state index in [0.29, 0.717) is 31.5 Å². The second kappa shape index (κ2) is 7.72. The van der Waals surface area contributed by atoms with E-state index in [9.17, 15) is 14.0 Å². The van der Waals surface area contributed by atoms with Crippen LogP contribution in [-0.2, 0) is 17.6 Å². The van der Waals surface area contributed by atoms with E-state index >= 15 is 0 Å². The fourth-order valence-electron chi connectivity index (χ4n) is 4.21. The maximum absolute atomic E-state index is 14.7. The van der Waals surface area contributed by atoms with Crippen molar-refractivity contribution in [3.63, 3.8) is 0 Å². The van der Waals surface area contributed by atoms with Crippen LogP contribution in [0.3, 0.4) is 0 Å². The third-order valence-corrected chi connectivity index (χ3v) is 5.84. The molecule has 1 unspecified atom stereocenters. The Morgan fingerprint density at radius 1 is 1.04 bits per heavy atom. The summed E-state index contributed by atoms with van der Waals surface area (Å²) >= 11 is 0. The Morgan fingerprint density at radius 2 is 1.75 bits per heavy atom. The number of nitrogens with one attached hydrogen (secondary N) is 1. The van der Waals surface area contributed by atoms with Crippen LogP contribution in [0.5, 0.6) is 0 Å². The number of hydrogen-bond donors (Lipinski definition) is 2. The minimum Gasteiger partial charge on any atom is -0.339 e. The molecule has 1 aliphatic heterocycles. The summed E-state index contributed by atoms with van der Waals surface area (Å²) in [5.41, 5.74) is 5.61. The second-order valence-electron chi connectivity index (χ2n) is 7.59. The molecule has 4 rings (SSSR count). The first kappa shape index (κ1) is 18.6. The summed E-state index contributed by atoms with van der Waals surface area (Å²) < 4.78 is 14.7. The highest BCUT2D eigenvalue weighted by atomic mass is 19.1. The van der Waals surface area contributed by atoms with Gasteiger partial charge in [0.1, 0.15) is 5.82 Å². The van der Waals surface area contributed by atoms with E-state index in [1.165, 1.54) is 11.6 Å². The van der Waals surface area contributed by atoms with Crippen LogP contribution in [0.15, 0.2) is 36.4 Å². The number of likely N-dealkylation sites (tertiary alicyclic amines) is 1. The highest BCUT2D eigenvalue weighted by Crippen LogP contribution is 2.31. The third kappa shape index (κ3) is 3.52. The summed E-state index contributed by atoms with van der Waals surface area (Å²) in [4.78, 5) is 25.9. The summed E-state index contributed by atoms with van der Waals surface area (Å²) in [5.74, 6) is -1.38. The van der Waals surface area contributed by atoms with Crippen molar-refractivity contribution in [3.8, 4) is 11.1 Å².